The van der Waals surface area contributed by atoms with Crippen molar-refractivity contribution in [3.8, 4) is 6.07 Å². The van der Waals surface area contributed by atoms with E-state index in [-0.39, 0.29) is 35.1 Å². The second-order valence-electron chi connectivity index (χ2n) is 4.46. The van der Waals surface area contributed by atoms with E-state index < -0.39 is 11.8 Å². The number of aliphatic carboxylic acids is 1. The second-order valence-corrected chi connectivity index (χ2v) is 4.46. The van der Waals surface area contributed by atoms with E-state index in [0.717, 1.165) is 0 Å². The number of guanidine groups is 1. The van der Waals surface area contributed by atoms with Crippen LogP contribution < -0.4 is 16.4 Å². The van der Waals surface area contributed by atoms with Crippen molar-refractivity contribution in [2.75, 3.05) is 19.0 Å². The lowest BCUT2D eigenvalue weighted by atomic mass is 10.1. The van der Waals surface area contributed by atoms with E-state index in [1.165, 1.54) is 19.1 Å². The molecule has 1 aromatic carbocycles. The Labute approximate surface area is 139 Å². The van der Waals surface area contributed by atoms with Crippen molar-refractivity contribution in [2.24, 2.45) is 11.5 Å². The maximum absolute atomic E-state index is 14.0. The van der Waals surface area contributed by atoms with Gasteiger partial charge in [0.1, 0.15) is 17.4 Å². The minimum Gasteiger partial charge on any atom is -0.478 e. The first-order valence-electron chi connectivity index (χ1n) is 6.02. The fraction of sp³-hybridized carbons (Fsp3) is 0.214. The molecule has 0 aliphatic heterocycles. The topological polar surface area (TPSA) is 140 Å². The van der Waals surface area contributed by atoms with Crippen LogP contribution in [0.2, 0.25) is 0 Å². The zero-order valence-electron chi connectivity index (χ0n) is 12.9. The van der Waals surface area contributed by atoms with Crippen LogP contribution in [0.25, 0.3) is 6.08 Å². The fourth-order valence-corrected chi connectivity index (χ4v) is 1.47. The van der Waals surface area contributed by atoms with Crippen LogP contribution in [-0.4, -0.2) is 31.1 Å². The lowest BCUT2D eigenvalue weighted by Gasteiger charge is -2.15. The van der Waals surface area contributed by atoms with E-state index in [1.54, 1.807) is 31.1 Å². The first kappa shape index (κ1) is 22.5. The number of halogens is 2. The zero-order valence-corrected chi connectivity index (χ0v) is 13.7. The molecule has 9 heteroatoms. The van der Waals surface area contributed by atoms with E-state index in [0.29, 0.717) is 5.69 Å². The van der Waals surface area contributed by atoms with E-state index in [2.05, 4.69) is 11.5 Å². The molecule has 126 valence electrons. The summed E-state index contributed by atoms with van der Waals surface area (Å²) >= 11 is 0. The molecule has 7 nitrogen and oxygen atoms in total. The Morgan fingerprint density at radius 2 is 1.91 bits per heavy atom. The van der Waals surface area contributed by atoms with Crippen molar-refractivity contribution < 1.29 is 14.3 Å². The summed E-state index contributed by atoms with van der Waals surface area (Å²) in [7, 11) is 3.40. The average molecular weight is 344 g/mol. The number of carboxylic acids is 1. The van der Waals surface area contributed by atoms with Gasteiger partial charge in [-0.2, -0.15) is 5.26 Å². The number of benzene rings is 1. The van der Waals surface area contributed by atoms with Crippen LogP contribution in [0.5, 0.6) is 0 Å². The summed E-state index contributed by atoms with van der Waals surface area (Å²) in [6.07, 6.45) is 1.21. The molecule has 1 rings (SSSR count). The van der Waals surface area contributed by atoms with Crippen molar-refractivity contribution in [3.05, 3.63) is 34.6 Å². The molecular formula is C14H19ClFN5O2. The third-order valence-electron chi connectivity index (χ3n) is 2.45. The number of anilines is 1. The molecule has 0 aromatic heterocycles. The van der Waals surface area contributed by atoms with Crippen LogP contribution in [0.4, 0.5) is 10.1 Å². The van der Waals surface area contributed by atoms with Crippen molar-refractivity contribution in [3.63, 3.8) is 0 Å². The van der Waals surface area contributed by atoms with Gasteiger partial charge in [0.2, 0.25) is 0 Å². The number of carbonyl (C=O) groups is 1. The lowest BCUT2D eigenvalue weighted by molar-refractivity contribution is -0.132. The van der Waals surface area contributed by atoms with Gasteiger partial charge in [0.05, 0.1) is 5.69 Å². The Morgan fingerprint density at radius 1 is 1.43 bits per heavy atom. The Hall–Kier alpha value is -2.79. The molecular weight excluding hydrogens is 325 g/mol. The smallest absolute Gasteiger partial charge is 0.331 e. The van der Waals surface area contributed by atoms with E-state index in [4.69, 9.17) is 15.8 Å². The Bertz CT molecular complexity index is 649. The molecule has 6 N–H and O–H groups in total. The summed E-state index contributed by atoms with van der Waals surface area (Å²) in [5.74, 6) is -2.16. The number of rotatable bonds is 3. The van der Waals surface area contributed by atoms with Crippen LogP contribution in [0.1, 0.15) is 18.1 Å². The first-order chi connectivity index (χ1) is 10.1. The SMILES string of the molecule is CC(=Cc1ccc(N(C)C)c(C#N)c1F)C(=O)O.Cl.N=C(N)N. The summed E-state index contributed by atoms with van der Waals surface area (Å²) in [6.45, 7) is 1.37. The summed E-state index contributed by atoms with van der Waals surface area (Å²) in [6, 6.07) is 4.84. The van der Waals surface area contributed by atoms with Crippen molar-refractivity contribution in [2.45, 2.75) is 6.92 Å². The van der Waals surface area contributed by atoms with Crippen LogP contribution in [0.3, 0.4) is 0 Å². The van der Waals surface area contributed by atoms with Crippen LogP contribution >= 0.6 is 12.4 Å². The fourth-order valence-electron chi connectivity index (χ4n) is 1.47. The Kier molecular flexibility index (Phi) is 9.80. The molecule has 0 bridgehead atoms. The molecule has 1 aromatic rings. The van der Waals surface area contributed by atoms with Crippen molar-refractivity contribution in [1.29, 1.82) is 10.7 Å². The first-order valence-corrected chi connectivity index (χ1v) is 6.02. The van der Waals surface area contributed by atoms with E-state index >= 15 is 0 Å². The number of nitrogens with one attached hydrogen (secondary N) is 1. The number of hydrogen-bond acceptors (Lipinski definition) is 4. The molecule has 0 unspecified atom stereocenters. The summed E-state index contributed by atoms with van der Waals surface area (Å²) < 4.78 is 14.0. The third kappa shape index (κ3) is 7.15. The van der Waals surface area contributed by atoms with Gasteiger partial charge in [-0.3, -0.25) is 5.41 Å². The second kappa shape index (κ2) is 10.0. The third-order valence-corrected chi connectivity index (χ3v) is 2.45. The Balaban J connectivity index is 0. The minimum absolute atomic E-state index is 0. The van der Waals surface area contributed by atoms with E-state index in [9.17, 15) is 9.18 Å². The summed E-state index contributed by atoms with van der Waals surface area (Å²) in [5.41, 5.74) is 9.42. The largest absolute Gasteiger partial charge is 0.478 e. The molecule has 0 saturated carbocycles. The maximum atomic E-state index is 14.0. The normalized spacial score (nSPS) is 9.61. The Morgan fingerprint density at radius 3 is 2.26 bits per heavy atom. The van der Waals surface area contributed by atoms with Gasteiger partial charge in [-0.1, -0.05) is 0 Å². The van der Waals surface area contributed by atoms with Gasteiger partial charge in [0.25, 0.3) is 0 Å². The number of nitriles is 1. The quantitative estimate of drug-likeness (QED) is 0.372. The standard InChI is InChI=1S/C13H13FN2O2.CH5N3.ClH/c1-8(13(17)18)6-9-4-5-11(16(2)3)10(7-15)12(9)14;2-1(3)4;/h4-6H,1-3H3,(H,17,18);(H5,2,3,4);1H. The zero-order chi connectivity index (χ0) is 17.4. The lowest BCUT2D eigenvalue weighted by Crippen LogP contribution is -2.20. The molecule has 0 spiro atoms. The van der Waals surface area contributed by atoms with E-state index in [1.807, 2.05) is 0 Å². The van der Waals surface area contributed by atoms with Crippen LogP contribution in [0, 0.1) is 22.6 Å². The number of nitrogens with zero attached hydrogens (tertiary/aromatic N) is 2. The summed E-state index contributed by atoms with van der Waals surface area (Å²) in [4.78, 5) is 12.3. The van der Waals surface area contributed by atoms with Crippen LogP contribution in [-0.2, 0) is 4.79 Å². The summed E-state index contributed by atoms with van der Waals surface area (Å²) in [5, 5.41) is 23.8. The molecule has 0 aliphatic carbocycles. The molecule has 0 amide bonds. The van der Waals surface area contributed by atoms with Gasteiger partial charge in [0.15, 0.2) is 5.96 Å². The highest BCUT2D eigenvalue weighted by Gasteiger charge is 2.14. The molecule has 0 fully saturated rings. The predicted octanol–water partition coefficient (Wildman–Crippen LogP) is 1.51. The van der Waals surface area contributed by atoms with Gasteiger partial charge in [-0.05, 0) is 25.1 Å². The average Bonchev–Trinajstić information content (AvgIpc) is 2.39. The predicted molar refractivity (Wildman–Crippen MR) is 90.1 cm³/mol. The maximum Gasteiger partial charge on any atom is 0.331 e. The van der Waals surface area contributed by atoms with Gasteiger partial charge in [-0.15, -0.1) is 12.4 Å². The highest BCUT2D eigenvalue weighted by molar-refractivity contribution is 5.91. The molecule has 0 aliphatic rings. The monoisotopic (exact) mass is 343 g/mol. The van der Waals surface area contributed by atoms with Gasteiger partial charge >= 0.3 is 5.97 Å². The van der Waals surface area contributed by atoms with Crippen molar-refractivity contribution >= 4 is 36.1 Å². The number of hydrogen-bond donors (Lipinski definition) is 4. The molecule has 0 radical (unpaired) electrons. The van der Waals surface area contributed by atoms with Gasteiger partial charge in [0, 0.05) is 25.2 Å². The van der Waals surface area contributed by atoms with Gasteiger partial charge in [-0.25, -0.2) is 9.18 Å². The molecule has 23 heavy (non-hydrogen) atoms. The molecule has 0 saturated heterocycles. The van der Waals surface area contributed by atoms with Crippen molar-refractivity contribution in [1.82, 2.24) is 0 Å². The number of nitrogens with two attached hydrogens (primary N) is 2. The minimum atomic E-state index is -1.12. The number of carboxylic acid groups (broad SMARTS) is 1. The highest BCUT2D eigenvalue weighted by Crippen LogP contribution is 2.25. The highest BCUT2D eigenvalue weighted by atomic mass is 35.5. The van der Waals surface area contributed by atoms with Gasteiger partial charge < -0.3 is 21.5 Å². The molecule has 0 atom stereocenters. The van der Waals surface area contributed by atoms with Crippen LogP contribution in [0.15, 0.2) is 17.7 Å². The molecule has 0 heterocycles.